The summed E-state index contributed by atoms with van der Waals surface area (Å²) >= 11 is 1.77. The van der Waals surface area contributed by atoms with Gasteiger partial charge in [-0.15, -0.1) is 11.3 Å². The average Bonchev–Trinajstić information content (AvgIpc) is 3.04. The van der Waals surface area contributed by atoms with Crippen LogP contribution in [0.5, 0.6) is 0 Å². The monoisotopic (exact) mass is 299 g/mol. The van der Waals surface area contributed by atoms with Gasteiger partial charge in [0, 0.05) is 18.0 Å². The minimum absolute atomic E-state index is 0.467. The molecule has 0 saturated carbocycles. The standard InChI is InChI=1S/C17H21N3S/c1-18-17(19-12-16-7-4-10-21-16)20-15-9-8-13-5-2-3-6-14(13)11-15/h2-7,10,15H,8-9,11-12H2,1H3,(H2,18,19,20). The van der Waals surface area contributed by atoms with Gasteiger partial charge in [-0.25, -0.2) is 0 Å². The van der Waals surface area contributed by atoms with Crippen molar-refractivity contribution in [1.29, 1.82) is 0 Å². The summed E-state index contributed by atoms with van der Waals surface area (Å²) in [7, 11) is 1.83. The van der Waals surface area contributed by atoms with Crippen LogP contribution in [-0.4, -0.2) is 19.0 Å². The highest BCUT2D eigenvalue weighted by Gasteiger charge is 2.18. The highest BCUT2D eigenvalue weighted by molar-refractivity contribution is 7.09. The fourth-order valence-corrected chi connectivity index (χ4v) is 3.44. The third-order valence-electron chi connectivity index (χ3n) is 3.92. The summed E-state index contributed by atoms with van der Waals surface area (Å²) in [6.45, 7) is 0.834. The van der Waals surface area contributed by atoms with Crippen LogP contribution in [0.25, 0.3) is 0 Å². The maximum absolute atomic E-state index is 4.34. The van der Waals surface area contributed by atoms with E-state index in [1.165, 1.54) is 16.0 Å². The molecule has 0 saturated heterocycles. The van der Waals surface area contributed by atoms with Crippen LogP contribution >= 0.6 is 11.3 Å². The maximum Gasteiger partial charge on any atom is 0.191 e. The number of thiophene rings is 1. The van der Waals surface area contributed by atoms with Crippen molar-refractivity contribution in [1.82, 2.24) is 10.6 Å². The van der Waals surface area contributed by atoms with E-state index < -0.39 is 0 Å². The topological polar surface area (TPSA) is 36.4 Å². The van der Waals surface area contributed by atoms with Crippen molar-refractivity contribution in [2.45, 2.75) is 31.8 Å². The van der Waals surface area contributed by atoms with E-state index in [1.807, 2.05) is 7.05 Å². The molecule has 1 heterocycles. The fourth-order valence-electron chi connectivity index (χ4n) is 2.79. The first-order valence-electron chi connectivity index (χ1n) is 7.41. The fraction of sp³-hybridized carbons (Fsp3) is 0.353. The molecular formula is C17H21N3S. The van der Waals surface area contributed by atoms with Crippen molar-refractivity contribution in [2.75, 3.05) is 7.05 Å². The van der Waals surface area contributed by atoms with Crippen LogP contribution in [0.15, 0.2) is 46.8 Å². The Hall–Kier alpha value is -1.81. The van der Waals surface area contributed by atoms with E-state index in [2.05, 4.69) is 57.4 Å². The molecule has 0 fully saturated rings. The Balaban J connectivity index is 1.56. The van der Waals surface area contributed by atoms with E-state index in [4.69, 9.17) is 0 Å². The minimum atomic E-state index is 0.467. The summed E-state index contributed by atoms with van der Waals surface area (Å²) in [6, 6.07) is 13.4. The second-order valence-corrected chi connectivity index (χ2v) is 6.39. The van der Waals surface area contributed by atoms with E-state index in [1.54, 1.807) is 11.3 Å². The second kappa shape index (κ2) is 6.76. The molecule has 3 nitrogen and oxygen atoms in total. The zero-order valence-electron chi connectivity index (χ0n) is 12.3. The zero-order chi connectivity index (χ0) is 14.5. The molecule has 110 valence electrons. The lowest BCUT2D eigenvalue weighted by molar-refractivity contribution is 0.521. The Morgan fingerprint density at radius 1 is 1.24 bits per heavy atom. The Kier molecular flexibility index (Phi) is 4.55. The summed E-state index contributed by atoms with van der Waals surface area (Å²) < 4.78 is 0. The van der Waals surface area contributed by atoms with Gasteiger partial charge in [-0.2, -0.15) is 0 Å². The molecule has 1 aromatic carbocycles. The zero-order valence-corrected chi connectivity index (χ0v) is 13.1. The summed E-state index contributed by atoms with van der Waals surface area (Å²) in [4.78, 5) is 5.66. The minimum Gasteiger partial charge on any atom is -0.353 e. The lowest BCUT2D eigenvalue weighted by Gasteiger charge is -2.27. The normalized spacial score (nSPS) is 18.1. The molecule has 0 radical (unpaired) electrons. The van der Waals surface area contributed by atoms with Gasteiger partial charge in [0.05, 0.1) is 6.54 Å². The first-order valence-corrected chi connectivity index (χ1v) is 8.29. The molecule has 1 atom stereocenters. The molecular weight excluding hydrogens is 278 g/mol. The van der Waals surface area contributed by atoms with Gasteiger partial charge >= 0.3 is 0 Å². The molecule has 0 amide bonds. The molecule has 0 aliphatic heterocycles. The molecule has 0 spiro atoms. The van der Waals surface area contributed by atoms with Crippen molar-refractivity contribution in [3.05, 3.63) is 57.8 Å². The predicted molar refractivity (Wildman–Crippen MR) is 89.9 cm³/mol. The van der Waals surface area contributed by atoms with Gasteiger partial charge in [0.1, 0.15) is 0 Å². The first-order chi connectivity index (χ1) is 10.3. The van der Waals surface area contributed by atoms with Crippen LogP contribution in [0.2, 0.25) is 0 Å². The van der Waals surface area contributed by atoms with Crippen LogP contribution in [0, 0.1) is 0 Å². The second-order valence-electron chi connectivity index (χ2n) is 5.36. The predicted octanol–water partition coefficient (Wildman–Crippen LogP) is 2.97. The Labute approximate surface area is 130 Å². The molecule has 0 bridgehead atoms. The highest BCUT2D eigenvalue weighted by Crippen LogP contribution is 2.20. The van der Waals surface area contributed by atoms with Gasteiger partial charge in [-0.1, -0.05) is 30.3 Å². The molecule has 1 aliphatic rings. The van der Waals surface area contributed by atoms with Crippen molar-refractivity contribution < 1.29 is 0 Å². The lowest BCUT2D eigenvalue weighted by Crippen LogP contribution is -2.45. The van der Waals surface area contributed by atoms with E-state index in [0.717, 1.165) is 31.8 Å². The summed E-state index contributed by atoms with van der Waals surface area (Å²) in [5.41, 5.74) is 2.96. The van der Waals surface area contributed by atoms with Gasteiger partial charge < -0.3 is 10.6 Å². The third kappa shape index (κ3) is 3.64. The number of aliphatic imine (C=N–C) groups is 1. The van der Waals surface area contributed by atoms with Gasteiger partial charge in [0.15, 0.2) is 5.96 Å². The van der Waals surface area contributed by atoms with E-state index in [-0.39, 0.29) is 0 Å². The number of benzene rings is 1. The van der Waals surface area contributed by atoms with E-state index in [0.29, 0.717) is 6.04 Å². The lowest BCUT2D eigenvalue weighted by atomic mass is 9.88. The molecule has 1 unspecified atom stereocenters. The third-order valence-corrected chi connectivity index (χ3v) is 4.80. The van der Waals surface area contributed by atoms with Crippen LogP contribution in [0.4, 0.5) is 0 Å². The van der Waals surface area contributed by atoms with Gasteiger partial charge in [0.25, 0.3) is 0 Å². The smallest absolute Gasteiger partial charge is 0.191 e. The number of hydrogen-bond acceptors (Lipinski definition) is 2. The summed E-state index contributed by atoms with van der Waals surface area (Å²) in [6.07, 6.45) is 3.39. The quantitative estimate of drug-likeness (QED) is 0.675. The van der Waals surface area contributed by atoms with E-state index in [9.17, 15) is 0 Å². The van der Waals surface area contributed by atoms with Crippen LogP contribution < -0.4 is 10.6 Å². The number of aryl methyl sites for hydroxylation is 1. The average molecular weight is 299 g/mol. The van der Waals surface area contributed by atoms with Crippen LogP contribution in [0.1, 0.15) is 22.4 Å². The number of rotatable bonds is 3. The molecule has 1 aliphatic carbocycles. The molecule has 2 N–H and O–H groups in total. The SMILES string of the molecule is CN=C(NCc1cccs1)NC1CCc2ccccc2C1. The maximum atomic E-state index is 4.34. The van der Waals surface area contributed by atoms with Crippen molar-refractivity contribution in [3.63, 3.8) is 0 Å². The van der Waals surface area contributed by atoms with Gasteiger partial charge in [0.2, 0.25) is 0 Å². The van der Waals surface area contributed by atoms with Gasteiger partial charge in [-0.3, -0.25) is 4.99 Å². The number of hydrogen-bond donors (Lipinski definition) is 2. The van der Waals surface area contributed by atoms with Crippen molar-refractivity contribution in [2.24, 2.45) is 4.99 Å². The molecule has 2 aromatic rings. The number of nitrogens with zero attached hydrogens (tertiary/aromatic N) is 1. The Bertz CT molecular complexity index is 604. The highest BCUT2D eigenvalue weighted by atomic mass is 32.1. The van der Waals surface area contributed by atoms with Crippen LogP contribution in [0.3, 0.4) is 0 Å². The largest absolute Gasteiger partial charge is 0.353 e. The van der Waals surface area contributed by atoms with Crippen molar-refractivity contribution in [3.8, 4) is 0 Å². The number of guanidine groups is 1. The summed E-state index contributed by atoms with van der Waals surface area (Å²) in [5, 5.41) is 9.05. The molecule has 4 heteroatoms. The van der Waals surface area contributed by atoms with E-state index >= 15 is 0 Å². The van der Waals surface area contributed by atoms with Gasteiger partial charge in [-0.05, 0) is 41.8 Å². The van der Waals surface area contributed by atoms with Crippen LogP contribution in [-0.2, 0) is 19.4 Å². The molecule has 21 heavy (non-hydrogen) atoms. The summed E-state index contributed by atoms with van der Waals surface area (Å²) in [5.74, 6) is 0.896. The number of fused-ring (bicyclic) bond motifs is 1. The Morgan fingerprint density at radius 3 is 2.86 bits per heavy atom. The molecule has 1 aromatic heterocycles. The first kappa shape index (κ1) is 14.1. The number of nitrogens with one attached hydrogen (secondary N) is 2. The van der Waals surface area contributed by atoms with Crippen molar-refractivity contribution >= 4 is 17.3 Å². The molecule has 3 rings (SSSR count). The Morgan fingerprint density at radius 2 is 2.10 bits per heavy atom.